The summed E-state index contributed by atoms with van der Waals surface area (Å²) in [6, 6.07) is 1.75. The molecule has 1 fully saturated rings. The second-order valence-electron chi connectivity index (χ2n) is 5.93. The third-order valence-corrected chi connectivity index (χ3v) is 3.93. The maximum absolute atomic E-state index is 12.3. The number of hydrogen-bond donors (Lipinski definition) is 2. The van der Waals surface area contributed by atoms with Crippen molar-refractivity contribution < 1.29 is 19.1 Å². The van der Waals surface area contributed by atoms with Gasteiger partial charge in [-0.15, -0.1) is 0 Å². The monoisotopic (exact) mass is 279 g/mol. The van der Waals surface area contributed by atoms with Crippen molar-refractivity contribution in [2.45, 2.75) is 57.9 Å². The van der Waals surface area contributed by atoms with Crippen molar-refractivity contribution in [1.29, 1.82) is 0 Å². The van der Waals surface area contributed by atoms with E-state index in [9.17, 15) is 9.59 Å². The summed E-state index contributed by atoms with van der Waals surface area (Å²) in [6.07, 6.45) is 2.37. The van der Waals surface area contributed by atoms with E-state index in [2.05, 4.69) is 5.32 Å². The zero-order chi connectivity index (χ0) is 14.9. The summed E-state index contributed by atoms with van der Waals surface area (Å²) >= 11 is 0. The van der Waals surface area contributed by atoms with Gasteiger partial charge in [0.25, 0.3) is 5.91 Å². The van der Waals surface area contributed by atoms with Gasteiger partial charge < -0.3 is 14.8 Å². The zero-order valence-corrected chi connectivity index (χ0v) is 12.2. The maximum atomic E-state index is 12.3. The van der Waals surface area contributed by atoms with E-state index in [1.54, 1.807) is 13.0 Å². The molecule has 1 heterocycles. The lowest BCUT2D eigenvalue weighted by Gasteiger charge is -2.41. The molecule has 0 atom stereocenters. The van der Waals surface area contributed by atoms with Crippen LogP contribution in [0, 0.1) is 6.92 Å². The van der Waals surface area contributed by atoms with Gasteiger partial charge in [0.15, 0.2) is 0 Å². The minimum Gasteiger partial charge on any atom is -0.481 e. The number of carboxylic acid groups (broad SMARTS) is 1. The summed E-state index contributed by atoms with van der Waals surface area (Å²) in [5.41, 5.74) is -0.0738. The Kier molecular flexibility index (Phi) is 3.88. The molecule has 1 aromatic rings. The van der Waals surface area contributed by atoms with Gasteiger partial charge in [-0.05, 0) is 32.3 Å². The highest BCUT2D eigenvalue weighted by Gasteiger charge is 2.40. The Labute approximate surface area is 118 Å². The first-order chi connectivity index (χ1) is 9.33. The Balaban J connectivity index is 2.13. The predicted octanol–water partition coefficient (Wildman–Crippen LogP) is 2.84. The fraction of sp³-hybridized carbons (Fsp3) is 0.600. The quantitative estimate of drug-likeness (QED) is 0.868. The van der Waals surface area contributed by atoms with Crippen molar-refractivity contribution in [3.8, 4) is 0 Å². The molecule has 1 saturated carbocycles. The minimum atomic E-state index is -0.878. The molecule has 1 aliphatic carbocycles. The second-order valence-corrected chi connectivity index (χ2v) is 5.93. The van der Waals surface area contributed by atoms with Gasteiger partial charge in [0.2, 0.25) is 0 Å². The third-order valence-electron chi connectivity index (χ3n) is 3.93. The number of aryl methyl sites for hydroxylation is 1. The topological polar surface area (TPSA) is 79.5 Å². The van der Waals surface area contributed by atoms with Gasteiger partial charge in [0.05, 0.1) is 17.5 Å². The van der Waals surface area contributed by atoms with Crippen LogP contribution < -0.4 is 5.32 Å². The van der Waals surface area contributed by atoms with Gasteiger partial charge in [-0.25, -0.2) is 0 Å². The van der Waals surface area contributed by atoms with Crippen LogP contribution in [0.15, 0.2) is 10.5 Å². The Morgan fingerprint density at radius 1 is 1.45 bits per heavy atom. The van der Waals surface area contributed by atoms with E-state index in [0.717, 1.165) is 25.0 Å². The van der Waals surface area contributed by atoms with Gasteiger partial charge in [0, 0.05) is 5.92 Å². The van der Waals surface area contributed by atoms with Crippen molar-refractivity contribution in [2.75, 3.05) is 0 Å². The van der Waals surface area contributed by atoms with E-state index in [0.29, 0.717) is 11.3 Å². The molecule has 5 heteroatoms. The normalized spacial score (nSPS) is 16.8. The standard InChI is InChI=1S/C15H21NO4/c1-9(2)12-7-11(10(3)20-12)14(19)16-15(5-4-6-15)8-13(17)18/h7,9H,4-6,8H2,1-3H3,(H,16,19)(H,17,18). The van der Waals surface area contributed by atoms with E-state index in [4.69, 9.17) is 9.52 Å². The highest BCUT2D eigenvalue weighted by Crippen LogP contribution is 2.35. The van der Waals surface area contributed by atoms with Crippen molar-refractivity contribution in [1.82, 2.24) is 5.32 Å². The fourth-order valence-corrected chi connectivity index (χ4v) is 2.56. The molecule has 110 valence electrons. The molecule has 2 rings (SSSR count). The smallest absolute Gasteiger partial charge is 0.305 e. The lowest BCUT2D eigenvalue weighted by Crippen LogP contribution is -2.54. The summed E-state index contributed by atoms with van der Waals surface area (Å²) < 4.78 is 5.57. The molecule has 0 saturated heterocycles. The predicted molar refractivity (Wildman–Crippen MR) is 73.8 cm³/mol. The number of carboxylic acids is 1. The van der Waals surface area contributed by atoms with Crippen molar-refractivity contribution in [3.63, 3.8) is 0 Å². The van der Waals surface area contributed by atoms with Crippen LogP contribution >= 0.6 is 0 Å². The number of rotatable bonds is 5. The molecular formula is C15H21NO4. The van der Waals surface area contributed by atoms with E-state index in [1.807, 2.05) is 13.8 Å². The lowest BCUT2D eigenvalue weighted by molar-refractivity contribution is -0.139. The number of amides is 1. The number of nitrogens with one attached hydrogen (secondary N) is 1. The lowest BCUT2D eigenvalue weighted by atomic mass is 9.74. The fourth-order valence-electron chi connectivity index (χ4n) is 2.56. The first-order valence-electron chi connectivity index (χ1n) is 6.98. The molecule has 1 amide bonds. The summed E-state index contributed by atoms with van der Waals surface area (Å²) in [6.45, 7) is 5.75. The Morgan fingerprint density at radius 3 is 2.50 bits per heavy atom. The van der Waals surface area contributed by atoms with Gasteiger partial charge in [-0.2, -0.15) is 0 Å². The minimum absolute atomic E-state index is 0.0212. The first kappa shape index (κ1) is 14.6. The molecule has 0 unspecified atom stereocenters. The van der Waals surface area contributed by atoms with E-state index < -0.39 is 11.5 Å². The van der Waals surface area contributed by atoms with Crippen LogP contribution in [0.2, 0.25) is 0 Å². The van der Waals surface area contributed by atoms with E-state index in [-0.39, 0.29) is 18.2 Å². The molecule has 20 heavy (non-hydrogen) atoms. The number of carbonyl (C=O) groups is 2. The average molecular weight is 279 g/mol. The van der Waals surface area contributed by atoms with Crippen molar-refractivity contribution >= 4 is 11.9 Å². The number of carbonyl (C=O) groups excluding carboxylic acids is 1. The van der Waals surface area contributed by atoms with Gasteiger partial charge in [-0.1, -0.05) is 13.8 Å². The summed E-state index contributed by atoms with van der Waals surface area (Å²) in [4.78, 5) is 23.2. The summed E-state index contributed by atoms with van der Waals surface area (Å²) in [5, 5.41) is 11.9. The molecular weight excluding hydrogens is 258 g/mol. The van der Waals surface area contributed by atoms with Crippen molar-refractivity contribution in [2.24, 2.45) is 0 Å². The van der Waals surface area contributed by atoms with Gasteiger partial charge in [0.1, 0.15) is 11.5 Å². The van der Waals surface area contributed by atoms with Gasteiger partial charge >= 0.3 is 5.97 Å². The number of furan rings is 1. The van der Waals surface area contributed by atoms with Crippen LogP contribution in [0.5, 0.6) is 0 Å². The number of hydrogen-bond acceptors (Lipinski definition) is 3. The van der Waals surface area contributed by atoms with Crippen LogP contribution in [0.25, 0.3) is 0 Å². The van der Waals surface area contributed by atoms with Crippen LogP contribution in [0.3, 0.4) is 0 Å². The van der Waals surface area contributed by atoms with Crippen molar-refractivity contribution in [3.05, 3.63) is 23.2 Å². The first-order valence-corrected chi connectivity index (χ1v) is 6.98. The molecule has 1 aliphatic rings. The average Bonchev–Trinajstić information content (AvgIpc) is 2.68. The van der Waals surface area contributed by atoms with Gasteiger partial charge in [-0.3, -0.25) is 9.59 Å². The number of aliphatic carboxylic acids is 1. The SMILES string of the molecule is Cc1oc(C(C)C)cc1C(=O)NC1(CC(=O)O)CCC1. The zero-order valence-electron chi connectivity index (χ0n) is 12.2. The van der Waals surface area contributed by atoms with E-state index in [1.165, 1.54) is 0 Å². The molecule has 5 nitrogen and oxygen atoms in total. The highest BCUT2D eigenvalue weighted by atomic mass is 16.4. The van der Waals surface area contributed by atoms with Crippen LogP contribution in [0.4, 0.5) is 0 Å². The van der Waals surface area contributed by atoms with Crippen LogP contribution in [0.1, 0.15) is 67.3 Å². The highest BCUT2D eigenvalue weighted by molar-refractivity contribution is 5.96. The maximum Gasteiger partial charge on any atom is 0.305 e. The summed E-state index contributed by atoms with van der Waals surface area (Å²) in [7, 11) is 0. The Hall–Kier alpha value is -1.78. The molecule has 1 aromatic heterocycles. The molecule has 0 bridgehead atoms. The largest absolute Gasteiger partial charge is 0.481 e. The third kappa shape index (κ3) is 2.86. The molecule has 0 aliphatic heterocycles. The molecule has 0 spiro atoms. The molecule has 0 aromatic carbocycles. The Morgan fingerprint density at radius 2 is 2.10 bits per heavy atom. The van der Waals surface area contributed by atoms with Crippen LogP contribution in [-0.4, -0.2) is 22.5 Å². The second kappa shape index (κ2) is 5.31. The summed E-state index contributed by atoms with van der Waals surface area (Å²) in [5.74, 6) is 0.451. The molecule has 0 radical (unpaired) electrons. The van der Waals surface area contributed by atoms with Crippen LogP contribution in [-0.2, 0) is 4.79 Å². The molecule has 2 N–H and O–H groups in total. The van der Waals surface area contributed by atoms with E-state index >= 15 is 0 Å². The Bertz CT molecular complexity index is 526.